The Morgan fingerprint density at radius 2 is 1.91 bits per heavy atom. The first kappa shape index (κ1) is 21.6. The summed E-state index contributed by atoms with van der Waals surface area (Å²) in [5.74, 6) is 2.80. The minimum atomic E-state index is 0.0578. The SMILES string of the molecule is Cc1cc(C)n2nc(SCc3ccccc3C(=O)N3CCC(c4nc(C)no4)CC3)nc2n1. The predicted octanol–water partition coefficient (Wildman–Crippen LogP) is 3.74. The molecule has 0 radical (unpaired) electrons. The van der Waals surface area contributed by atoms with Crippen molar-refractivity contribution in [2.75, 3.05) is 13.1 Å². The van der Waals surface area contributed by atoms with E-state index in [1.807, 2.05) is 56.0 Å². The molecule has 0 bridgehead atoms. The number of rotatable bonds is 5. The summed E-state index contributed by atoms with van der Waals surface area (Å²) in [7, 11) is 0. The Hall–Kier alpha value is -3.27. The van der Waals surface area contributed by atoms with E-state index < -0.39 is 0 Å². The minimum Gasteiger partial charge on any atom is -0.339 e. The fourth-order valence-corrected chi connectivity index (χ4v) is 5.01. The lowest BCUT2D eigenvalue weighted by molar-refractivity contribution is 0.0703. The predicted molar refractivity (Wildman–Crippen MR) is 123 cm³/mol. The summed E-state index contributed by atoms with van der Waals surface area (Å²) in [6.07, 6.45) is 1.64. The Kier molecular flexibility index (Phi) is 5.84. The monoisotopic (exact) mass is 463 g/mol. The van der Waals surface area contributed by atoms with Crippen LogP contribution in [0.1, 0.15) is 57.8 Å². The summed E-state index contributed by atoms with van der Waals surface area (Å²) in [4.78, 5) is 28.6. The van der Waals surface area contributed by atoms with E-state index in [-0.39, 0.29) is 11.8 Å². The van der Waals surface area contributed by atoms with Gasteiger partial charge in [0.25, 0.3) is 11.7 Å². The molecule has 10 heteroatoms. The van der Waals surface area contributed by atoms with Gasteiger partial charge in [0.2, 0.25) is 11.0 Å². The van der Waals surface area contributed by atoms with Crippen LogP contribution in [-0.4, -0.2) is 53.6 Å². The Morgan fingerprint density at radius 1 is 1.12 bits per heavy atom. The van der Waals surface area contributed by atoms with E-state index in [1.165, 1.54) is 11.8 Å². The van der Waals surface area contributed by atoms with Crippen molar-refractivity contribution in [3.05, 3.63) is 64.6 Å². The molecule has 0 unspecified atom stereocenters. The Balaban J connectivity index is 1.27. The molecule has 0 N–H and O–H groups in total. The lowest BCUT2D eigenvalue weighted by Gasteiger charge is -2.31. The summed E-state index contributed by atoms with van der Waals surface area (Å²) in [5.41, 5.74) is 3.61. The summed E-state index contributed by atoms with van der Waals surface area (Å²) in [6.45, 7) is 7.10. The average molecular weight is 464 g/mol. The zero-order valence-electron chi connectivity index (χ0n) is 18.9. The molecule has 0 saturated carbocycles. The van der Waals surface area contributed by atoms with E-state index in [9.17, 15) is 4.79 Å². The molecule has 0 atom stereocenters. The third-order valence-corrected chi connectivity index (χ3v) is 6.76. The smallest absolute Gasteiger partial charge is 0.254 e. The molecule has 1 aliphatic heterocycles. The Bertz CT molecular complexity index is 1310. The molecular formula is C23H25N7O2S. The molecule has 1 aromatic carbocycles. The quantitative estimate of drug-likeness (QED) is 0.413. The minimum absolute atomic E-state index is 0.0578. The maximum atomic E-state index is 13.3. The second kappa shape index (κ2) is 8.93. The molecule has 1 aliphatic rings. The van der Waals surface area contributed by atoms with E-state index in [1.54, 1.807) is 4.52 Å². The lowest BCUT2D eigenvalue weighted by atomic mass is 9.96. The zero-order chi connectivity index (χ0) is 22.9. The van der Waals surface area contributed by atoms with E-state index in [0.29, 0.717) is 41.5 Å². The first-order chi connectivity index (χ1) is 16.0. The second-order valence-electron chi connectivity index (χ2n) is 8.34. The second-order valence-corrected chi connectivity index (χ2v) is 9.28. The molecule has 3 aromatic heterocycles. The van der Waals surface area contributed by atoms with Gasteiger partial charge in [-0.3, -0.25) is 4.79 Å². The van der Waals surface area contributed by atoms with Gasteiger partial charge in [-0.2, -0.15) is 9.97 Å². The molecule has 1 amide bonds. The van der Waals surface area contributed by atoms with Gasteiger partial charge in [0.1, 0.15) is 0 Å². The van der Waals surface area contributed by atoms with Gasteiger partial charge in [-0.05, 0) is 51.3 Å². The van der Waals surface area contributed by atoms with Crippen molar-refractivity contribution in [1.82, 2.24) is 34.6 Å². The van der Waals surface area contributed by atoms with Crippen molar-refractivity contribution in [1.29, 1.82) is 0 Å². The highest BCUT2D eigenvalue weighted by Gasteiger charge is 2.28. The van der Waals surface area contributed by atoms with Gasteiger partial charge < -0.3 is 9.42 Å². The number of likely N-dealkylation sites (tertiary alicyclic amines) is 1. The summed E-state index contributed by atoms with van der Waals surface area (Å²) >= 11 is 1.51. The van der Waals surface area contributed by atoms with E-state index >= 15 is 0 Å². The highest BCUT2D eigenvalue weighted by molar-refractivity contribution is 7.98. The fourth-order valence-electron chi connectivity index (χ4n) is 4.19. The van der Waals surface area contributed by atoms with Gasteiger partial charge in [0.15, 0.2) is 5.82 Å². The van der Waals surface area contributed by atoms with Gasteiger partial charge in [-0.15, -0.1) is 5.10 Å². The summed E-state index contributed by atoms with van der Waals surface area (Å²) < 4.78 is 7.08. The van der Waals surface area contributed by atoms with Crippen molar-refractivity contribution in [2.24, 2.45) is 0 Å². The first-order valence-electron chi connectivity index (χ1n) is 11.0. The van der Waals surface area contributed by atoms with Crippen LogP contribution in [-0.2, 0) is 5.75 Å². The molecule has 1 saturated heterocycles. The molecule has 0 spiro atoms. The molecule has 4 heterocycles. The average Bonchev–Trinajstić information content (AvgIpc) is 3.44. The number of fused-ring (bicyclic) bond motifs is 1. The molecule has 4 aromatic rings. The van der Waals surface area contributed by atoms with Crippen LogP contribution in [0.5, 0.6) is 0 Å². The van der Waals surface area contributed by atoms with Gasteiger partial charge in [-0.1, -0.05) is 35.1 Å². The summed E-state index contributed by atoms with van der Waals surface area (Å²) in [6, 6.07) is 9.75. The van der Waals surface area contributed by atoms with Crippen LogP contribution in [0.4, 0.5) is 0 Å². The number of hydrogen-bond acceptors (Lipinski definition) is 8. The number of carbonyl (C=O) groups is 1. The number of aryl methyl sites for hydroxylation is 3. The molecule has 33 heavy (non-hydrogen) atoms. The standard InChI is InChI=1S/C23H25N7O2S/c1-14-12-15(2)30-22(24-14)26-23(27-30)33-13-18-6-4-5-7-19(18)21(31)29-10-8-17(9-11-29)20-25-16(3)28-32-20/h4-7,12,17H,8-11,13H2,1-3H3. The number of benzene rings is 1. The topological polar surface area (TPSA) is 102 Å². The van der Waals surface area contributed by atoms with Crippen LogP contribution in [0.3, 0.4) is 0 Å². The number of amides is 1. The maximum absolute atomic E-state index is 13.3. The van der Waals surface area contributed by atoms with E-state index in [4.69, 9.17) is 4.52 Å². The molecule has 5 rings (SSSR count). The van der Waals surface area contributed by atoms with Crippen LogP contribution in [0.15, 0.2) is 40.0 Å². The number of piperidine rings is 1. The van der Waals surface area contributed by atoms with Gasteiger partial charge in [-0.25, -0.2) is 9.50 Å². The Labute approximate surface area is 195 Å². The van der Waals surface area contributed by atoms with E-state index in [2.05, 4.69) is 25.2 Å². The van der Waals surface area contributed by atoms with Crippen molar-refractivity contribution < 1.29 is 9.32 Å². The third-order valence-electron chi connectivity index (χ3n) is 5.88. The van der Waals surface area contributed by atoms with Crippen LogP contribution in [0.2, 0.25) is 0 Å². The number of nitrogens with zero attached hydrogens (tertiary/aromatic N) is 7. The normalized spacial score (nSPS) is 14.8. The van der Waals surface area contributed by atoms with Crippen molar-refractivity contribution in [3.63, 3.8) is 0 Å². The number of aromatic nitrogens is 6. The van der Waals surface area contributed by atoms with Gasteiger partial charge in [0.05, 0.1) is 0 Å². The van der Waals surface area contributed by atoms with Crippen molar-refractivity contribution >= 4 is 23.4 Å². The third kappa shape index (κ3) is 4.47. The molecule has 170 valence electrons. The fraction of sp³-hybridized carbons (Fsp3) is 0.391. The highest BCUT2D eigenvalue weighted by atomic mass is 32.2. The van der Waals surface area contributed by atoms with Gasteiger partial charge >= 0.3 is 0 Å². The molecule has 1 fully saturated rings. The maximum Gasteiger partial charge on any atom is 0.254 e. The Morgan fingerprint density at radius 3 is 2.67 bits per heavy atom. The number of thioether (sulfide) groups is 1. The van der Waals surface area contributed by atoms with Crippen LogP contribution >= 0.6 is 11.8 Å². The van der Waals surface area contributed by atoms with E-state index in [0.717, 1.165) is 35.4 Å². The first-order valence-corrected chi connectivity index (χ1v) is 12.0. The summed E-state index contributed by atoms with van der Waals surface area (Å²) in [5, 5.41) is 9.10. The highest BCUT2D eigenvalue weighted by Crippen LogP contribution is 2.29. The molecular weight excluding hydrogens is 438 g/mol. The van der Waals surface area contributed by atoms with Crippen LogP contribution < -0.4 is 0 Å². The zero-order valence-corrected chi connectivity index (χ0v) is 19.7. The van der Waals surface area contributed by atoms with Crippen molar-refractivity contribution in [2.45, 2.75) is 50.4 Å². The lowest BCUT2D eigenvalue weighted by Crippen LogP contribution is -2.38. The van der Waals surface area contributed by atoms with Gasteiger partial charge in [0, 0.05) is 41.7 Å². The molecule has 0 aliphatic carbocycles. The molecule has 9 nitrogen and oxygen atoms in total. The van der Waals surface area contributed by atoms with Crippen molar-refractivity contribution in [3.8, 4) is 0 Å². The number of carbonyl (C=O) groups excluding carboxylic acids is 1. The van der Waals surface area contributed by atoms with Crippen LogP contribution in [0.25, 0.3) is 5.78 Å². The largest absolute Gasteiger partial charge is 0.339 e. The van der Waals surface area contributed by atoms with Crippen LogP contribution in [0, 0.1) is 20.8 Å². The number of hydrogen-bond donors (Lipinski definition) is 0.